The van der Waals surface area contributed by atoms with Crippen LogP contribution in [0.4, 0.5) is 0 Å². The van der Waals surface area contributed by atoms with Crippen molar-refractivity contribution < 1.29 is 14.3 Å². The maximum absolute atomic E-state index is 12.7. The monoisotopic (exact) mass is 505 g/mol. The largest absolute Gasteiger partial charge is 0.493 e. The van der Waals surface area contributed by atoms with E-state index in [1.807, 2.05) is 30.3 Å². The molecule has 6 nitrogen and oxygen atoms in total. The van der Waals surface area contributed by atoms with Crippen molar-refractivity contribution in [3.05, 3.63) is 70.6 Å². The van der Waals surface area contributed by atoms with E-state index in [4.69, 9.17) is 26.8 Å². The zero-order chi connectivity index (χ0) is 23.6. The van der Waals surface area contributed by atoms with Gasteiger partial charge in [0.05, 0.1) is 25.1 Å². The maximum atomic E-state index is 12.7. The molecule has 0 fully saturated rings. The minimum Gasteiger partial charge on any atom is -0.493 e. The van der Waals surface area contributed by atoms with Crippen LogP contribution in [0, 0.1) is 0 Å². The topological polar surface area (TPSA) is 90.2 Å². The van der Waals surface area contributed by atoms with Crippen molar-refractivity contribution in [3.63, 3.8) is 0 Å². The smallest absolute Gasteiger partial charge is 0.341 e. The van der Waals surface area contributed by atoms with Crippen LogP contribution in [-0.4, -0.2) is 29.2 Å². The van der Waals surface area contributed by atoms with E-state index in [0.717, 1.165) is 48.3 Å². The fourth-order valence-corrected chi connectivity index (χ4v) is 3.56. The number of nitrogens with one attached hydrogen (secondary N) is 1. The van der Waals surface area contributed by atoms with Crippen LogP contribution in [0.15, 0.2) is 48.7 Å². The Morgan fingerprint density at radius 1 is 1.12 bits per heavy atom. The molecular formula is C26H33Cl2N3O3. The van der Waals surface area contributed by atoms with Crippen LogP contribution in [0.25, 0.3) is 11.3 Å². The number of imidazole rings is 1. The Hall–Kier alpha value is -2.54. The van der Waals surface area contributed by atoms with Crippen LogP contribution in [0.5, 0.6) is 5.75 Å². The summed E-state index contributed by atoms with van der Waals surface area (Å²) in [6, 6.07) is 12.7. The van der Waals surface area contributed by atoms with Gasteiger partial charge >= 0.3 is 5.97 Å². The molecule has 0 aliphatic heterocycles. The lowest BCUT2D eigenvalue weighted by molar-refractivity contribution is 0.0495. The Balaban J connectivity index is 0.00000408. The quantitative estimate of drug-likeness (QED) is 0.215. The molecule has 0 radical (unpaired) electrons. The molecule has 0 saturated heterocycles. The number of hydrogen-bond donors (Lipinski definition) is 2. The van der Waals surface area contributed by atoms with Crippen molar-refractivity contribution in [2.75, 3.05) is 13.2 Å². The first-order chi connectivity index (χ1) is 16.0. The first kappa shape index (κ1) is 27.7. The van der Waals surface area contributed by atoms with Gasteiger partial charge in [0, 0.05) is 23.0 Å². The van der Waals surface area contributed by atoms with Gasteiger partial charge in [-0.25, -0.2) is 9.78 Å². The number of aromatic amines is 1. The summed E-state index contributed by atoms with van der Waals surface area (Å²) in [6.07, 6.45) is 5.97. The molecule has 0 aliphatic rings. The van der Waals surface area contributed by atoms with E-state index in [2.05, 4.69) is 23.8 Å². The Morgan fingerprint density at radius 2 is 1.88 bits per heavy atom. The van der Waals surface area contributed by atoms with Gasteiger partial charge in [-0.15, -0.1) is 12.4 Å². The van der Waals surface area contributed by atoms with Crippen molar-refractivity contribution in [2.24, 2.45) is 5.73 Å². The summed E-state index contributed by atoms with van der Waals surface area (Å²) in [5, 5.41) is 0.667. The highest BCUT2D eigenvalue weighted by molar-refractivity contribution is 6.30. The number of nitrogens with two attached hydrogens (primary N) is 1. The van der Waals surface area contributed by atoms with E-state index < -0.39 is 0 Å². The molecule has 0 spiro atoms. The van der Waals surface area contributed by atoms with E-state index in [1.165, 1.54) is 0 Å². The number of carbonyl (C=O) groups excluding carboxylic acids is 1. The zero-order valence-corrected chi connectivity index (χ0v) is 21.3. The number of rotatable bonds is 12. The summed E-state index contributed by atoms with van der Waals surface area (Å²) in [5.74, 6) is 0.903. The van der Waals surface area contributed by atoms with Crippen LogP contribution in [0.3, 0.4) is 0 Å². The standard InChI is InChI=1S/C26H32ClN3O3.ClH/c1-3-5-12-32-24-11-10-18(15-21(24)26(31)33-13-6-4-2)22(28)16-25-29-17-23(30-25)19-8-7-9-20(27)14-19;/h7-11,14-15,17,22H,3-6,12-13,16,28H2,1-2H3,(H,29,30);1H. The number of nitrogens with zero attached hydrogens (tertiary/aromatic N) is 1. The lowest BCUT2D eigenvalue weighted by Crippen LogP contribution is -2.16. The second-order valence-electron chi connectivity index (χ2n) is 8.01. The number of benzene rings is 2. The number of halogens is 2. The minimum absolute atomic E-state index is 0. The number of esters is 1. The molecule has 184 valence electrons. The summed E-state index contributed by atoms with van der Waals surface area (Å²) in [7, 11) is 0. The Kier molecular flexibility index (Phi) is 11.4. The highest BCUT2D eigenvalue weighted by atomic mass is 35.5. The molecule has 0 amide bonds. The van der Waals surface area contributed by atoms with Crippen molar-refractivity contribution in [1.82, 2.24) is 9.97 Å². The third-order valence-electron chi connectivity index (χ3n) is 5.32. The zero-order valence-electron chi connectivity index (χ0n) is 19.7. The van der Waals surface area contributed by atoms with Gasteiger partial charge in [0.15, 0.2) is 0 Å². The third-order valence-corrected chi connectivity index (χ3v) is 5.55. The minimum atomic E-state index is -0.384. The Bertz CT molecular complexity index is 1060. The van der Waals surface area contributed by atoms with E-state index in [-0.39, 0.29) is 24.4 Å². The molecule has 3 aromatic rings. The van der Waals surface area contributed by atoms with Crippen molar-refractivity contribution in [2.45, 2.75) is 52.0 Å². The molecule has 1 aromatic heterocycles. The predicted molar refractivity (Wildman–Crippen MR) is 139 cm³/mol. The Labute approximate surface area is 212 Å². The van der Waals surface area contributed by atoms with Crippen LogP contribution < -0.4 is 10.5 Å². The predicted octanol–water partition coefficient (Wildman–Crippen LogP) is 6.53. The fraction of sp³-hybridized carbons (Fsp3) is 0.385. The van der Waals surface area contributed by atoms with Gasteiger partial charge in [-0.05, 0) is 42.7 Å². The second kappa shape index (κ2) is 14.0. The number of carbonyl (C=O) groups is 1. The Morgan fingerprint density at radius 3 is 2.62 bits per heavy atom. The SMILES string of the molecule is CCCCOC(=O)c1cc(C(N)Cc2ncc(-c3cccc(Cl)c3)[nH]2)ccc1OCCCC.Cl. The number of H-pyrrole nitrogens is 1. The molecule has 3 N–H and O–H groups in total. The van der Waals surface area contributed by atoms with Crippen LogP contribution in [0.2, 0.25) is 5.02 Å². The summed E-state index contributed by atoms with van der Waals surface area (Å²) in [5.41, 5.74) is 9.55. The van der Waals surface area contributed by atoms with E-state index in [1.54, 1.807) is 18.3 Å². The van der Waals surface area contributed by atoms with Crippen molar-refractivity contribution in [1.29, 1.82) is 0 Å². The maximum Gasteiger partial charge on any atom is 0.341 e. The van der Waals surface area contributed by atoms with Gasteiger partial charge in [0.2, 0.25) is 0 Å². The average molecular weight is 506 g/mol. The van der Waals surface area contributed by atoms with Crippen molar-refractivity contribution in [3.8, 4) is 17.0 Å². The van der Waals surface area contributed by atoms with Gasteiger partial charge in [-0.3, -0.25) is 0 Å². The molecule has 34 heavy (non-hydrogen) atoms. The molecule has 0 aliphatic carbocycles. The summed E-state index contributed by atoms with van der Waals surface area (Å²) < 4.78 is 11.3. The van der Waals surface area contributed by atoms with Crippen LogP contribution in [0.1, 0.15) is 67.3 Å². The molecule has 1 atom stereocenters. The molecule has 1 unspecified atom stereocenters. The number of ether oxygens (including phenoxy) is 2. The molecule has 3 rings (SSSR count). The number of unbranched alkanes of at least 4 members (excludes halogenated alkanes) is 2. The van der Waals surface area contributed by atoms with Gasteiger partial charge < -0.3 is 20.2 Å². The van der Waals surface area contributed by atoms with Gasteiger partial charge in [-0.1, -0.05) is 56.5 Å². The van der Waals surface area contributed by atoms with Gasteiger partial charge in [0.25, 0.3) is 0 Å². The highest BCUT2D eigenvalue weighted by Gasteiger charge is 2.18. The third kappa shape index (κ3) is 7.76. The number of hydrogen-bond acceptors (Lipinski definition) is 5. The van der Waals surface area contributed by atoms with E-state index >= 15 is 0 Å². The first-order valence-electron chi connectivity index (χ1n) is 11.5. The fourth-order valence-electron chi connectivity index (χ4n) is 3.37. The van der Waals surface area contributed by atoms with Gasteiger partial charge in [0.1, 0.15) is 17.1 Å². The molecular weight excluding hydrogens is 473 g/mol. The van der Waals surface area contributed by atoms with E-state index in [0.29, 0.717) is 36.0 Å². The summed E-state index contributed by atoms with van der Waals surface area (Å²) in [4.78, 5) is 20.5. The first-order valence-corrected chi connectivity index (χ1v) is 11.9. The molecule has 1 heterocycles. The van der Waals surface area contributed by atoms with Crippen molar-refractivity contribution >= 4 is 30.0 Å². The average Bonchev–Trinajstić information content (AvgIpc) is 3.28. The lowest BCUT2D eigenvalue weighted by Gasteiger charge is -2.16. The van der Waals surface area contributed by atoms with Crippen LogP contribution >= 0.6 is 24.0 Å². The summed E-state index contributed by atoms with van der Waals surface area (Å²) in [6.45, 7) is 5.09. The molecule has 0 bridgehead atoms. The molecule has 2 aromatic carbocycles. The van der Waals surface area contributed by atoms with Crippen LogP contribution in [-0.2, 0) is 11.2 Å². The molecule has 8 heteroatoms. The van der Waals surface area contributed by atoms with Gasteiger partial charge in [-0.2, -0.15) is 0 Å². The second-order valence-corrected chi connectivity index (χ2v) is 8.45. The normalized spacial score (nSPS) is 11.5. The lowest BCUT2D eigenvalue weighted by atomic mass is 10.0. The highest BCUT2D eigenvalue weighted by Crippen LogP contribution is 2.27. The summed E-state index contributed by atoms with van der Waals surface area (Å²) >= 11 is 6.10. The molecule has 0 saturated carbocycles. The van der Waals surface area contributed by atoms with E-state index in [9.17, 15) is 4.79 Å². The number of aromatic nitrogens is 2.